The van der Waals surface area contributed by atoms with Gasteiger partial charge in [-0.2, -0.15) is 18.3 Å². The molecule has 2 aromatic heterocycles. The molecule has 3 heterocycles. The van der Waals surface area contributed by atoms with Crippen LogP contribution in [-0.2, 0) is 12.7 Å². The minimum Gasteiger partial charge on any atom is -0.497 e. The summed E-state index contributed by atoms with van der Waals surface area (Å²) in [5.41, 5.74) is 1.69. The highest BCUT2D eigenvalue weighted by molar-refractivity contribution is 5.43. The van der Waals surface area contributed by atoms with E-state index in [0.29, 0.717) is 11.4 Å². The van der Waals surface area contributed by atoms with Gasteiger partial charge in [-0.1, -0.05) is 12.1 Å². The number of aryl methyl sites for hydroxylation is 1. The van der Waals surface area contributed by atoms with E-state index in [2.05, 4.69) is 21.0 Å². The number of rotatable bonds is 4. The van der Waals surface area contributed by atoms with E-state index in [1.807, 2.05) is 18.2 Å². The quantitative estimate of drug-likeness (QED) is 0.645. The van der Waals surface area contributed by atoms with Crippen molar-refractivity contribution in [2.24, 2.45) is 0 Å². The summed E-state index contributed by atoms with van der Waals surface area (Å²) >= 11 is 0. The Morgan fingerprint density at radius 3 is 2.59 bits per heavy atom. The average molecular weight is 404 g/mol. The number of hydrogen-bond acceptors (Lipinski definition) is 4. The maximum Gasteiger partial charge on any atom is 0.433 e. The van der Waals surface area contributed by atoms with Crippen molar-refractivity contribution in [2.45, 2.75) is 38.4 Å². The molecule has 1 aliphatic rings. The van der Waals surface area contributed by atoms with E-state index < -0.39 is 11.9 Å². The van der Waals surface area contributed by atoms with Crippen LogP contribution >= 0.6 is 0 Å². The Morgan fingerprint density at radius 2 is 1.90 bits per heavy atom. The van der Waals surface area contributed by atoms with Crippen molar-refractivity contribution in [3.63, 3.8) is 0 Å². The van der Waals surface area contributed by atoms with Crippen LogP contribution < -0.4 is 4.74 Å². The van der Waals surface area contributed by atoms with Crippen molar-refractivity contribution in [1.29, 1.82) is 0 Å². The highest BCUT2D eigenvalue weighted by atomic mass is 19.4. The van der Waals surface area contributed by atoms with Crippen LogP contribution in [0.4, 0.5) is 13.2 Å². The van der Waals surface area contributed by atoms with Crippen molar-refractivity contribution >= 4 is 5.65 Å². The van der Waals surface area contributed by atoms with Gasteiger partial charge < -0.3 is 4.74 Å². The minimum atomic E-state index is -4.46. The van der Waals surface area contributed by atoms with E-state index in [1.54, 1.807) is 20.1 Å². The first-order chi connectivity index (χ1) is 13.8. The number of nitrogens with zero attached hydrogens (tertiary/aromatic N) is 4. The Balaban J connectivity index is 1.48. The van der Waals surface area contributed by atoms with Gasteiger partial charge in [-0.15, -0.1) is 0 Å². The lowest BCUT2D eigenvalue weighted by molar-refractivity contribution is -0.142. The Hall–Kier alpha value is -2.61. The summed E-state index contributed by atoms with van der Waals surface area (Å²) in [5, 5.41) is 4.27. The molecule has 3 aromatic rings. The summed E-state index contributed by atoms with van der Waals surface area (Å²) in [6, 6.07) is 10.7. The lowest BCUT2D eigenvalue weighted by Gasteiger charge is -2.31. The molecular formula is C21H23F3N4O. The highest BCUT2D eigenvalue weighted by Crippen LogP contribution is 2.33. The molecule has 0 atom stereocenters. The van der Waals surface area contributed by atoms with E-state index in [1.165, 1.54) is 5.56 Å². The number of alkyl halides is 3. The number of aromatic nitrogens is 3. The third-order valence-corrected chi connectivity index (χ3v) is 5.41. The van der Waals surface area contributed by atoms with Crippen LogP contribution in [0.2, 0.25) is 0 Å². The van der Waals surface area contributed by atoms with Crippen LogP contribution in [0, 0.1) is 6.92 Å². The summed E-state index contributed by atoms with van der Waals surface area (Å²) in [4.78, 5) is 6.58. The SMILES string of the molecule is COc1cccc(CN2CCC(c3cc4nc(C)cc(C(F)(F)F)n4n3)CC2)c1. The van der Waals surface area contributed by atoms with Gasteiger partial charge in [-0.3, -0.25) is 4.90 Å². The van der Waals surface area contributed by atoms with Crippen molar-refractivity contribution in [3.05, 3.63) is 59.0 Å². The molecule has 1 aromatic carbocycles. The fourth-order valence-corrected chi connectivity index (χ4v) is 3.94. The van der Waals surface area contributed by atoms with Crippen LogP contribution in [0.15, 0.2) is 36.4 Å². The second kappa shape index (κ2) is 7.67. The summed E-state index contributed by atoms with van der Waals surface area (Å²) < 4.78 is 46.3. The first kappa shape index (κ1) is 19.7. The molecule has 4 rings (SSSR count). The van der Waals surface area contributed by atoms with Crippen molar-refractivity contribution in [3.8, 4) is 5.75 Å². The first-order valence-corrected chi connectivity index (χ1v) is 9.63. The van der Waals surface area contributed by atoms with Crippen LogP contribution in [0.3, 0.4) is 0 Å². The van der Waals surface area contributed by atoms with Crippen LogP contribution in [0.25, 0.3) is 5.65 Å². The van der Waals surface area contributed by atoms with Gasteiger partial charge >= 0.3 is 6.18 Å². The first-order valence-electron chi connectivity index (χ1n) is 9.63. The summed E-state index contributed by atoms with van der Waals surface area (Å²) in [7, 11) is 1.65. The van der Waals surface area contributed by atoms with Crippen molar-refractivity contribution in [1.82, 2.24) is 19.5 Å². The van der Waals surface area contributed by atoms with Crippen molar-refractivity contribution < 1.29 is 17.9 Å². The fourth-order valence-electron chi connectivity index (χ4n) is 3.94. The van der Waals surface area contributed by atoms with Crippen LogP contribution in [0.5, 0.6) is 5.75 Å². The lowest BCUT2D eigenvalue weighted by atomic mass is 9.93. The Bertz CT molecular complexity index is 1010. The predicted octanol–water partition coefficient (Wildman–Crippen LogP) is 4.44. The number of piperidine rings is 1. The maximum atomic E-state index is 13.4. The molecule has 1 saturated heterocycles. The van der Waals surface area contributed by atoms with Crippen molar-refractivity contribution in [2.75, 3.05) is 20.2 Å². The molecule has 0 spiro atoms. The Kier molecular flexibility index (Phi) is 5.21. The number of hydrogen-bond donors (Lipinski definition) is 0. The Labute approximate surface area is 167 Å². The zero-order valence-electron chi connectivity index (χ0n) is 16.4. The van der Waals surface area contributed by atoms with Gasteiger partial charge in [0.25, 0.3) is 0 Å². The zero-order chi connectivity index (χ0) is 20.6. The number of benzene rings is 1. The van der Waals surface area contributed by atoms with Crippen LogP contribution in [0.1, 0.15) is 41.4 Å². The molecule has 0 amide bonds. The van der Waals surface area contributed by atoms with E-state index in [0.717, 1.165) is 48.8 Å². The number of halogens is 3. The number of likely N-dealkylation sites (tertiary alicyclic amines) is 1. The molecule has 0 aliphatic carbocycles. The molecule has 29 heavy (non-hydrogen) atoms. The minimum absolute atomic E-state index is 0.139. The second-order valence-electron chi connectivity index (χ2n) is 7.52. The summed E-state index contributed by atoms with van der Waals surface area (Å²) in [6.07, 6.45) is -2.75. The molecule has 154 valence electrons. The van der Waals surface area contributed by atoms with Gasteiger partial charge in [-0.25, -0.2) is 9.50 Å². The second-order valence-corrected chi connectivity index (χ2v) is 7.52. The van der Waals surface area contributed by atoms with E-state index >= 15 is 0 Å². The monoisotopic (exact) mass is 404 g/mol. The molecule has 0 radical (unpaired) electrons. The van der Waals surface area contributed by atoms with Gasteiger partial charge in [0.1, 0.15) is 11.4 Å². The number of methoxy groups -OCH3 is 1. The fraction of sp³-hybridized carbons (Fsp3) is 0.429. The van der Waals surface area contributed by atoms with E-state index in [9.17, 15) is 13.2 Å². The number of fused-ring (bicyclic) bond motifs is 1. The summed E-state index contributed by atoms with van der Waals surface area (Å²) in [6.45, 7) is 4.13. The van der Waals surface area contributed by atoms with Gasteiger partial charge in [0, 0.05) is 24.2 Å². The zero-order valence-corrected chi connectivity index (χ0v) is 16.4. The van der Waals surface area contributed by atoms with Gasteiger partial charge in [0.2, 0.25) is 0 Å². The van der Waals surface area contributed by atoms with E-state index in [-0.39, 0.29) is 11.6 Å². The third-order valence-electron chi connectivity index (χ3n) is 5.41. The summed E-state index contributed by atoms with van der Waals surface area (Å²) in [5.74, 6) is 0.977. The largest absolute Gasteiger partial charge is 0.497 e. The average Bonchev–Trinajstić information content (AvgIpc) is 3.11. The van der Waals surface area contributed by atoms with Gasteiger partial charge in [0.05, 0.1) is 12.8 Å². The molecule has 8 heteroatoms. The molecule has 0 bridgehead atoms. The van der Waals surface area contributed by atoms with Gasteiger partial charge in [0.15, 0.2) is 5.65 Å². The molecule has 0 N–H and O–H groups in total. The maximum absolute atomic E-state index is 13.4. The topological polar surface area (TPSA) is 42.7 Å². The van der Waals surface area contributed by atoms with E-state index in [4.69, 9.17) is 4.74 Å². The standard InChI is InChI=1S/C21H23F3N4O/c1-14-10-19(21(22,23)24)28-20(25-14)12-18(26-28)16-6-8-27(9-7-16)13-15-4-3-5-17(11-15)29-2/h3-5,10-12,16H,6-9,13H2,1-2H3. The third kappa shape index (κ3) is 4.22. The highest BCUT2D eigenvalue weighted by Gasteiger charge is 2.35. The van der Waals surface area contributed by atoms with Gasteiger partial charge in [-0.05, 0) is 56.6 Å². The normalized spacial score (nSPS) is 16.4. The Morgan fingerprint density at radius 1 is 1.14 bits per heavy atom. The number of ether oxygens (including phenoxy) is 1. The molecule has 0 unspecified atom stereocenters. The van der Waals surface area contributed by atoms with Crippen LogP contribution in [-0.4, -0.2) is 39.7 Å². The molecule has 1 fully saturated rings. The smallest absolute Gasteiger partial charge is 0.433 e. The predicted molar refractivity (Wildman–Crippen MR) is 103 cm³/mol. The molecule has 1 aliphatic heterocycles. The molecule has 5 nitrogen and oxygen atoms in total. The molecule has 0 saturated carbocycles. The lowest BCUT2D eigenvalue weighted by Crippen LogP contribution is -2.32. The molecular weight excluding hydrogens is 381 g/mol.